The molecule has 0 aliphatic carbocycles. The van der Waals surface area contributed by atoms with Crippen molar-refractivity contribution in [3.63, 3.8) is 0 Å². The van der Waals surface area contributed by atoms with E-state index >= 15 is 0 Å². The number of carbonyl (C=O) groups is 3. The summed E-state index contributed by atoms with van der Waals surface area (Å²) >= 11 is 0. The Morgan fingerprint density at radius 2 is 1.54 bits per heavy atom. The van der Waals surface area contributed by atoms with Gasteiger partial charge >= 0.3 is 5.97 Å². The summed E-state index contributed by atoms with van der Waals surface area (Å²) in [6, 6.07) is 16.7. The van der Waals surface area contributed by atoms with E-state index in [1.165, 1.54) is 0 Å². The highest BCUT2D eigenvalue weighted by atomic mass is 16.4. The van der Waals surface area contributed by atoms with Crippen molar-refractivity contribution in [2.24, 2.45) is 5.92 Å². The topological polar surface area (TPSA) is 95.5 Å². The van der Waals surface area contributed by atoms with E-state index in [0.29, 0.717) is 11.1 Å². The molecule has 6 nitrogen and oxygen atoms in total. The summed E-state index contributed by atoms with van der Waals surface area (Å²) in [6.07, 6.45) is -0.0351. The molecule has 3 N–H and O–H groups in total. The van der Waals surface area contributed by atoms with Crippen molar-refractivity contribution >= 4 is 17.8 Å². The molecule has 2 aromatic carbocycles. The molecule has 0 saturated carbocycles. The van der Waals surface area contributed by atoms with Crippen molar-refractivity contribution in [3.05, 3.63) is 71.8 Å². The van der Waals surface area contributed by atoms with Gasteiger partial charge in [0.25, 0.3) is 5.91 Å². The van der Waals surface area contributed by atoms with Gasteiger partial charge in [0.15, 0.2) is 0 Å². The average Bonchev–Trinajstić information content (AvgIpc) is 2.65. The van der Waals surface area contributed by atoms with Crippen molar-refractivity contribution < 1.29 is 19.5 Å². The highest BCUT2D eigenvalue weighted by Gasteiger charge is 2.23. The first-order chi connectivity index (χ1) is 12.5. The zero-order valence-corrected chi connectivity index (χ0v) is 14.5. The monoisotopic (exact) mass is 354 g/mol. The van der Waals surface area contributed by atoms with Crippen LogP contribution >= 0.6 is 0 Å². The number of benzene rings is 2. The number of aliphatic carboxylic acids is 1. The fourth-order valence-electron chi connectivity index (χ4n) is 2.50. The number of carboxylic acid groups (broad SMARTS) is 1. The van der Waals surface area contributed by atoms with Crippen LogP contribution in [-0.2, 0) is 9.59 Å². The largest absolute Gasteiger partial charge is 0.481 e. The van der Waals surface area contributed by atoms with Gasteiger partial charge in [0, 0.05) is 18.5 Å². The fourth-order valence-corrected chi connectivity index (χ4v) is 2.50. The van der Waals surface area contributed by atoms with Crippen LogP contribution in [0.25, 0.3) is 0 Å². The predicted molar refractivity (Wildman–Crippen MR) is 97.5 cm³/mol. The first-order valence-corrected chi connectivity index (χ1v) is 8.37. The molecule has 0 aliphatic rings. The molecule has 0 spiro atoms. The lowest BCUT2D eigenvalue weighted by molar-refractivity contribution is -0.138. The Bertz CT molecular complexity index is 747. The molecule has 0 aliphatic heterocycles. The first-order valence-electron chi connectivity index (χ1n) is 8.37. The third-order valence-electron chi connectivity index (χ3n) is 3.85. The molecule has 0 aromatic heterocycles. The van der Waals surface area contributed by atoms with E-state index in [0.717, 1.165) is 0 Å². The van der Waals surface area contributed by atoms with Crippen LogP contribution < -0.4 is 10.6 Å². The molecule has 2 rings (SSSR count). The normalized spacial score (nSPS) is 12.7. The summed E-state index contributed by atoms with van der Waals surface area (Å²) in [5, 5.41) is 14.3. The number of rotatable bonds is 8. The van der Waals surface area contributed by atoms with E-state index < -0.39 is 12.0 Å². The maximum Gasteiger partial charge on any atom is 0.303 e. The maximum absolute atomic E-state index is 12.6. The Balaban J connectivity index is 2.10. The summed E-state index contributed by atoms with van der Waals surface area (Å²) in [5.74, 6) is -1.85. The Hall–Kier alpha value is -3.15. The second kappa shape index (κ2) is 9.36. The molecule has 2 atom stereocenters. The lowest BCUT2D eigenvalue weighted by Gasteiger charge is -2.20. The molecule has 0 radical (unpaired) electrons. The van der Waals surface area contributed by atoms with Crippen molar-refractivity contribution in [1.82, 2.24) is 10.6 Å². The predicted octanol–water partition coefficient (Wildman–Crippen LogP) is 2.38. The van der Waals surface area contributed by atoms with Crippen molar-refractivity contribution in [2.75, 3.05) is 6.54 Å². The number of carbonyl (C=O) groups excluding carboxylic acids is 2. The fraction of sp³-hybridized carbons (Fsp3) is 0.250. The Kier molecular flexibility index (Phi) is 6.91. The second-order valence-corrected chi connectivity index (χ2v) is 6.13. The maximum atomic E-state index is 12.6. The minimum absolute atomic E-state index is 0.0351. The smallest absolute Gasteiger partial charge is 0.303 e. The Morgan fingerprint density at radius 1 is 0.962 bits per heavy atom. The first kappa shape index (κ1) is 19.2. The van der Waals surface area contributed by atoms with Crippen LogP contribution in [0.4, 0.5) is 0 Å². The molecule has 0 saturated heterocycles. The molecule has 0 bridgehead atoms. The molecular formula is C20H22N2O4. The van der Waals surface area contributed by atoms with Crippen molar-refractivity contribution in [3.8, 4) is 0 Å². The van der Waals surface area contributed by atoms with E-state index in [4.69, 9.17) is 5.11 Å². The molecule has 136 valence electrons. The van der Waals surface area contributed by atoms with Gasteiger partial charge in [-0.1, -0.05) is 55.5 Å². The highest BCUT2D eigenvalue weighted by molar-refractivity contribution is 5.97. The zero-order chi connectivity index (χ0) is 18.9. The van der Waals surface area contributed by atoms with Gasteiger partial charge in [-0.3, -0.25) is 14.4 Å². The molecule has 2 aromatic rings. The molecule has 26 heavy (non-hydrogen) atoms. The summed E-state index contributed by atoms with van der Waals surface area (Å²) in [6.45, 7) is 1.96. The van der Waals surface area contributed by atoms with Crippen LogP contribution in [0.15, 0.2) is 60.7 Å². The van der Waals surface area contributed by atoms with Gasteiger partial charge in [0.1, 0.15) is 6.04 Å². The number of hydrogen-bond donors (Lipinski definition) is 3. The van der Waals surface area contributed by atoms with Crippen LogP contribution in [0, 0.1) is 5.92 Å². The second-order valence-electron chi connectivity index (χ2n) is 6.13. The molecular weight excluding hydrogens is 332 g/mol. The zero-order valence-electron chi connectivity index (χ0n) is 14.5. The number of carboxylic acids is 1. The van der Waals surface area contributed by atoms with E-state index in [1.807, 2.05) is 12.1 Å². The van der Waals surface area contributed by atoms with Gasteiger partial charge in [-0.15, -0.1) is 0 Å². The van der Waals surface area contributed by atoms with Gasteiger partial charge < -0.3 is 15.7 Å². The minimum atomic E-state index is -0.913. The van der Waals surface area contributed by atoms with Gasteiger partial charge in [-0.05, 0) is 23.6 Å². The van der Waals surface area contributed by atoms with Crippen LogP contribution in [-0.4, -0.2) is 29.4 Å². The van der Waals surface area contributed by atoms with Crippen molar-refractivity contribution in [2.45, 2.75) is 19.4 Å². The molecule has 2 unspecified atom stereocenters. The summed E-state index contributed by atoms with van der Waals surface area (Å²) in [5.41, 5.74) is 1.11. The van der Waals surface area contributed by atoms with E-state index in [-0.39, 0.29) is 30.7 Å². The summed E-state index contributed by atoms with van der Waals surface area (Å²) in [7, 11) is 0. The van der Waals surface area contributed by atoms with Gasteiger partial charge in [0.05, 0.1) is 0 Å². The van der Waals surface area contributed by atoms with E-state index in [1.54, 1.807) is 55.5 Å². The molecule has 6 heteroatoms. The third-order valence-corrected chi connectivity index (χ3v) is 3.85. The Labute approximate surface area is 152 Å². The van der Waals surface area contributed by atoms with Gasteiger partial charge in [-0.25, -0.2) is 0 Å². The van der Waals surface area contributed by atoms with Crippen LogP contribution in [0.2, 0.25) is 0 Å². The van der Waals surface area contributed by atoms with E-state index in [9.17, 15) is 14.4 Å². The van der Waals surface area contributed by atoms with Crippen LogP contribution in [0.5, 0.6) is 0 Å². The van der Waals surface area contributed by atoms with Gasteiger partial charge in [0.2, 0.25) is 5.91 Å². The van der Waals surface area contributed by atoms with Crippen molar-refractivity contribution in [1.29, 1.82) is 0 Å². The number of amides is 2. The standard InChI is InChI=1S/C20H22N2O4/c1-14(12-17(23)24)13-21-20(26)18(15-8-4-2-5-9-15)22-19(25)16-10-6-3-7-11-16/h2-11,14,18H,12-13H2,1H3,(H,21,26)(H,22,25)(H,23,24). The average molecular weight is 354 g/mol. The Morgan fingerprint density at radius 3 is 2.12 bits per heavy atom. The van der Waals surface area contributed by atoms with Crippen LogP contribution in [0.1, 0.15) is 35.3 Å². The lowest BCUT2D eigenvalue weighted by Crippen LogP contribution is -2.41. The lowest BCUT2D eigenvalue weighted by atomic mass is 10.0. The number of hydrogen-bond acceptors (Lipinski definition) is 3. The van der Waals surface area contributed by atoms with E-state index in [2.05, 4.69) is 10.6 Å². The van der Waals surface area contributed by atoms with Crippen LogP contribution in [0.3, 0.4) is 0 Å². The highest BCUT2D eigenvalue weighted by Crippen LogP contribution is 2.14. The molecule has 2 amide bonds. The molecule has 0 fully saturated rings. The number of nitrogens with one attached hydrogen (secondary N) is 2. The summed E-state index contributed by atoms with van der Waals surface area (Å²) < 4.78 is 0. The SMILES string of the molecule is CC(CNC(=O)C(NC(=O)c1ccccc1)c1ccccc1)CC(=O)O. The summed E-state index contributed by atoms with van der Waals surface area (Å²) in [4.78, 5) is 35.8. The minimum Gasteiger partial charge on any atom is -0.481 e. The quantitative estimate of drug-likeness (QED) is 0.678. The third kappa shape index (κ3) is 5.73. The van der Waals surface area contributed by atoms with Gasteiger partial charge in [-0.2, -0.15) is 0 Å². The molecule has 0 heterocycles.